The molecule has 0 saturated heterocycles. The van der Waals surface area contributed by atoms with Gasteiger partial charge >= 0.3 is 0 Å². The maximum atomic E-state index is 13.0. The topological polar surface area (TPSA) is 84.0 Å². The second-order valence-electron chi connectivity index (χ2n) is 8.13. The molecule has 0 radical (unpaired) electrons. The van der Waals surface area contributed by atoms with Gasteiger partial charge in [-0.25, -0.2) is 4.98 Å². The summed E-state index contributed by atoms with van der Waals surface area (Å²) in [7, 11) is 0. The van der Waals surface area contributed by atoms with Crippen molar-refractivity contribution in [1.82, 2.24) is 9.97 Å². The molecule has 2 aromatic heterocycles. The van der Waals surface area contributed by atoms with E-state index in [9.17, 15) is 9.59 Å². The quantitative estimate of drug-likeness (QED) is 0.529. The molecule has 1 spiro atoms. The molecule has 0 saturated carbocycles. The summed E-state index contributed by atoms with van der Waals surface area (Å²) < 4.78 is 0. The molecule has 0 fully saturated rings. The molecule has 6 heteroatoms. The number of benzene rings is 2. The first-order chi connectivity index (χ1) is 15.1. The standard InChI is InChI=1S/C25H18N4O2/c30-23(28-21-5-1-3-15-8-10-26-14-19(15)21)16-6-7-17-12-25(13-18(17)11-16)20-4-2-9-27-22(20)29-24(25)31/h1-11,14H,12-13H2,(H,28,30)(H,27,29,31). The van der Waals surface area contributed by atoms with Crippen LogP contribution in [0.2, 0.25) is 0 Å². The third-order valence-electron chi connectivity index (χ3n) is 6.37. The molecule has 0 bridgehead atoms. The molecule has 1 atom stereocenters. The lowest BCUT2D eigenvalue weighted by Crippen LogP contribution is -2.35. The average molecular weight is 406 g/mol. The van der Waals surface area contributed by atoms with Crippen molar-refractivity contribution in [2.45, 2.75) is 18.3 Å². The summed E-state index contributed by atoms with van der Waals surface area (Å²) in [6.07, 6.45) is 6.35. The third kappa shape index (κ3) is 2.65. The summed E-state index contributed by atoms with van der Waals surface area (Å²) in [5.74, 6) is 0.438. The largest absolute Gasteiger partial charge is 0.321 e. The van der Waals surface area contributed by atoms with Crippen LogP contribution in [0.5, 0.6) is 0 Å². The predicted octanol–water partition coefficient (Wildman–Crippen LogP) is 3.87. The Morgan fingerprint density at radius 3 is 2.84 bits per heavy atom. The molecule has 1 unspecified atom stereocenters. The second-order valence-corrected chi connectivity index (χ2v) is 8.13. The normalized spacial score (nSPS) is 18.6. The number of aromatic nitrogens is 2. The van der Waals surface area contributed by atoms with Gasteiger partial charge in [-0.1, -0.05) is 24.3 Å². The summed E-state index contributed by atoms with van der Waals surface area (Å²) in [5, 5.41) is 7.84. The predicted molar refractivity (Wildman–Crippen MR) is 118 cm³/mol. The van der Waals surface area contributed by atoms with Gasteiger partial charge in [-0.15, -0.1) is 0 Å². The molecular formula is C25H18N4O2. The van der Waals surface area contributed by atoms with Crippen LogP contribution in [0, 0.1) is 0 Å². The van der Waals surface area contributed by atoms with E-state index in [1.165, 1.54) is 0 Å². The van der Waals surface area contributed by atoms with Gasteiger partial charge in [0.2, 0.25) is 5.91 Å². The van der Waals surface area contributed by atoms with Crippen LogP contribution in [0.1, 0.15) is 27.0 Å². The van der Waals surface area contributed by atoms with E-state index in [1.54, 1.807) is 18.6 Å². The van der Waals surface area contributed by atoms with Crippen LogP contribution in [0.4, 0.5) is 11.5 Å². The van der Waals surface area contributed by atoms with E-state index in [4.69, 9.17) is 0 Å². The number of amides is 2. The average Bonchev–Trinajstić information content (AvgIpc) is 3.31. The number of anilines is 2. The second kappa shape index (κ2) is 6.47. The fourth-order valence-electron chi connectivity index (χ4n) is 4.83. The number of hydrogen-bond donors (Lipinski definition) is 2. The van der Waals surface area contributed by atoms with Gasteiger partial charge in [-0.2, -0.15) is 0 Å². The first-order valence-corrected chi connectivity index (χ1v) is 10.2. The van der Waals surface area contributed by atoms with Crippen LogP contribution in [0.15, 0.2) is 73.2 Å². The fraction of sp³-hybridized carbons (Fsp3) is 0.120. The molecule has 6 nitrogen and oxygen atoms in total. The van der Waals surface area contributed by atoms with Crippen molar-refractivity contribution in [3.63, 3.8) is 0 Å². The van der Waals surface area contributed by atoms with Gasteiger partial charge in [0.05, 0.1) is 11.1 Å². The molecule has 6 rings (SSSR count). The number of carbonyl (C=O) groups excluding carboxylic acids is 2. The zero-order valence-electron chi connectivity index (χ0n) is 16.6. The number of carbonyl (C=O) groups is 2. The van der Waals surface area contributed by atoms with Crippen molar-refractivity contribution >= 4 is 34.1 Å². The minimum atomic E-state index is -0.637. The number of pyridine rings is 2. The minimum absolute atomic E-state index is 0.0216. The molecular weight excluding hydrogens is 388 g/mol. The Balaban J connectivity index is 1.32. The summed E-state index contributed by atoms with van der Waals surface area (Å²) in [6.45, 7) is 0. The highest BCUT2D eigenvalue weighted by Gasteiger charge is 2.51. The molecule has 4 aromatic rings. The van der Waals surface area contributed by atoms with Crippen molar-refractivity contribution < 1.29 is 9.59 Å². The monoisotopic (exact) mass is 406 g/mol. The van der Waals surface area contributed by atoms with Gasteiger partial charge in [-0.05, 0) is 59.7 Å². The van der Waals surface area contributed by atoms with Gasteiger partial charge in [0.1, 0.15) is 5.82 Å². The van der Waals surface area contributed by atoms with Gasteiger partial charge in [0, 0.05) is 35.1 Å². The molecule has 1 aliphatic carbocycles. The number of hydrogen-bond acceptors (Lipinski definition) is 4. The molecule has 1 aliphatic heterocycles. The van der Waals surface area contributed by atoms with Gasteiger partial charge in [-0.3, -0.25) is 14.6 Å². The van der Waals surface area contributed by atoms with Gasteiger partial charge in [0.25, 0.3) is 5.91 Å². The number of nitrogens with zero attached hydrogens (tertiary/aromatic N) is 2. The van der Waals surface area contributed by atoms with Crippen LogP contribution in [0.3, 0.4) is 0 Å². The van der Waals surface area contributed by atoms with Crippen LogP contribution in [0.25, 0.3) is 10.8 Å². The van der Waals surface area contributed by atoms with E-state index in [-0.39, 0.29) is 11.8 Å². The number of fused-ring (bicyclic) bond motifs is 4. The molecule has 2 N–H and O–H groups in total. The first kappa shape index (κ1) is 17.8. The summed E-state index contributed by atoms with van der Waals surface area (Å²) in [6, 6.07) is 17.2. The Morgan fingerprint density at radius 2 is 1.90 bits per heavy atom. The maximum Gasteiger partial charge on any atom is 0.255 e. The lowest BCUT2D eigenvalue weighted by Gasteiger charge is -2.20. The molecule has 2 amide bonds. The van der Waals surface area contributed by atoms with Crippen molar-refractivity contribution in [1.29, 1.82) is 0 Å². The van der Waals surface area contributed by atoms with Crippen LogP contribution >= 0.6 is 0 Å². The zero-order valence-corrected chi connectivity index (χ0v) is 16.6. The lowest BCUT2D eigenvalue weighted by molar-refractivity contribution is -0.120. The van der Waals surface area contributed by atoms with Crippen molar-refractivity contribution in [2.24, 2.45) is 0 Å². The first-order valence-electron chi connectivity index (χ1n) is 10.2. The Hall–Kier alpha value is -4.06. The van der Waals surface area contributed by atoms with E-state index >= 15 is 0 Å². The summed E-state index contributed by atoms with van der Waals surface area (Å²) in [5.41, 5.74) is 3.72. The molecule has 31 heavy (non-hydrogen) atoms. The van der Waals surface area contributed by atoms with E-state index in [0.29, 0.717) is 24.2 Å². The molecule has 3 heterocycles. The highest BCUT2D eigenvalue weighted by Crippen LogP contribution is 2.46. The third-order valence-corrected chi connectivity index (χ3v) is 6.37. The SMILES string of the molecule is O=C(Nc1cccc2ccncc12)c1ccc2c(c1)CC1(C2)C(=O)Nc2ncccc21. The van der Waals surface area contributed by atoms with Gasteiger partial charge < -0.3 is 10.6 Å². The van der Waals surface area contributed by atoms with E-state index in [0.717, 1.165) is 33.2 Å². The minimum Gasteiger partial charge on any atom is -0.321 e. The maximum absolute atomic E-state index is 13.0. The Kier molecular flexibility index (Phi) is 3.71. The van der Waals surface area contributed by atoms with Crippen LogP contribution in [-0.4, -0.2) is 21.8 Å². The van der Waals surface area contributed by atoms with E-state index in [2.05, 4.69) is 20.6 Å². The summed E-state index contributed by atoms with van der Waals surface area (Å²) in [4.78, 5) is 34.4. The molecule has 2 aromatic carbocycles. The van der Waals surface area contributed by atoms with Crippen LogP contribution < -0.4 is 10.6 Å². The molecule has 2 aliphatic rings. The van der Waals surface area contributed by atoms with Crippen molar-refractivity contribution in [3.8, 4) is 0 Å². The smallest absolute Gasteiger partial charge is 0.255 e. The van der Waals surface area contributed by atoms with Gasteiger partial charge in [0.15, 0.2) is 0 Å². The number of nitrogens with one attached hydrogen (secondary N) is 2. The lowest BCUT2D eigenvalue weighted by atomic mass is 9.79. The summed E-state index contributed by atoms with van der Waals surface area (Å²) >= 11 is 0. The van der Waals surface area contributed by atoms with E-state index < -0.39 is 5.41 Å². The van der Waals surface area contributed by atoms with Crippen LogP contribution in [-0.2, 0) is 23.1 Å². The van der Waals surface area contributed by atoms with E-state index in [1.807, 2.05) is 54.6 Å². The Bertz CT molecular complexity index is 1390. The van der Waals surface area contributed by atoms with Crippen molar-refractivity contribution in [3.05, 3.63) is 95.4 Å². The zero-order chi connectivity index (χ0) is 21.0. The Labute approximate surface area is 178 Å². The highest BCUT2D eigenvalue weighted by molar-refractivity contribution is 6.09. The number of rotatable bonds is 2. The Morgan fingerprint density at radius 1 is 1.00 bits per heavy atom. The van der Waals surface area contributed by atoms with Crippen molar-refractivity contribution in [2.75, 3.05) is 10.6 Å². The molecule has 150 valence electrons. The highest BCUT2D eigenvalue weighted by atomic mass is 16.2. The fourth-order valence-corrected chi connectivity index (χ4v) is 4.83.